The number of piperidine rings is 1. The van der Waals surface area contributed by atoms with Gasteiger partial charge in [-0.1, -0.05) is 20.8 Å². The molecule has 0 aliphatic carbocycles. The van der Waals surface area contributed by atoms with Crippen LogP contribution in [0.5, 0.6) is 0 Å². The van der Waals surface area contributed by atoms with E-state index >= 15 is 0 Å². The number of nitrogens with zero attached hydrogens (tertiary/aromatic N) is 2. The first-order chi connectivity index (χ1) is 10.5. The zero-order chi connectivity index (χ0) is 16.1. The molecule has 2 unspecified atom stereocenters. The van der Waals surface area contributed by atoms with Gasteiger partial charge in [0.2, 0.25) is 11.8 Å². The van der Waals surface area contributed by atoms with E-state index in [2.05, 4.69) is 12.2 Å². The number of rotatable bonds is 4. The Bertz CT molecular complexity index is 383. The molecule has 0 radical (unpaired) electrons. The van der Waals surface area contributed by atoms with Gasteiger partial charge in [-0.25, -0.2) is 0 Å². The second-order valence-corrected chi connectivity index (χ2v) is 7.15. The molecule has 0 spiro atoms. The van der Waals surface area contributed by atoms with Crippen molar-refractivity contribution in [1.29, 1.82) is 0 Å². The summed E-state index contributed by atoms with van der Waals surface area (Å²) < 4.78 is 0. The van der Waals surface area contributed by atoms with Gasteiger partial charge in [0.05, 0.1) is 0 Å². The van der Waals surface area contributed by atoms with Crippen molar-refractivity contribution in [2.75, 3.05) is 39.3 Å². The van der Waals surface area contributed by atoms with E-state index in [0.29, 0.717) is 44.4 Å². The molecule has 126 valence electrons. The molecule has 0 aromatic heterocycles. The molecular weight excluding hydrogens is 278 g/mol. The van der Waals surface area contributed by atoms with Crippen LogP contribution in [0.4, 0.5) is 0 Å². The third-order valence-electron chi connectivity index (χ3n) is 5.07. The van der Waals surface area contributed by atoms with E-state index in [9.17, 15) is 9.59 Å². The third-order valence-corrected chi connectivity index (χ3v) is 5.07. The number of carbonyl (C=O) groups excluding carboxylic acids is 2. The summed E-state index contributed by atoms with van der Waals surface area (Å²) in [4.78, 5) is 28.3. The molecule has 5 nitrogen and oxygen atoms in total. The molecule has 22 heavy (non-hydrogen) atoms. The summed E-state index contributed by atoms with van der Waals surface area (Å²) >= 11 is 0. The van der Waals surface area contributed by atoms with Crippen LogP contribution in [-0.2, 0) is 9.59 Å². The van der Waals surface area contributed by atoms with Gasteiger partial charge in [-0.15, -0.1) is 0 Å². The lowest BCUT2D eigenvalue weighted by Gasteiger charge is -2.36. The van der Waals surface area contributed by atoms with Crippen molar-refractivity contribution in [3.8, 4) is 0 Å². The summed E-state index contributed by atoms with van der Waals surface area (Å²) in [6.45, 7) is 11.0. The first-order valence-electron chi connectivity index (χ1n) is 8.76. The highest BCUT2D eigenvalue weighted by molar-refractivity contribution is 5.79. The predicted octanol–water partition coefficient (Wildman–Crippen LogP) is 1.34. The monoisotopic (exact) mass is 309 g/mol. The fourth-order valence-corrected chi connectivity index (χ4v) is 3.48. The zero-order valence-electron chi connectivity index (χ0n) is 14.3. The fourth-order valence-electron chi connectivity index (χ4n) is 3.48. The molecule has 0 bridgehead atoms. The van der Waals surface area contributed by atoms with E-state index < -0.39 is 0 Å². The van der Waals surface area contributed by atoms with Gasteiger partial charge in [-0.3, -0.25) is 9.59 Å². The Balaban J connectivity index is 1.76. The van der Waals surface area contributed by atoms with Crippen molar-refractivity contribution >= 4 is 11.8 Å². The van der Waals surface area contributed by atoms with Gasteiger partial charge in [0.15, 0.2) is 0 Å². The minimum Gasteiger partial charge on any atom is -0.339 e. The van der Waals surface area contributed by atoms with Crippen LogP contribution in [0.1, 0.15) is 40.0 Å². The van der Waals surface area contributed by atoms with Crippen LogP contribution in [0.3, 0.4) is 0 Å². The molecule has 2 atom stereocenters. The Morgan fingerprint density at radius 1 is 1.09 bits per heavy atom. The third kappa shape index (κ3) is 4.45. The molecule has 2 saturated heterocycles. The van der Waals surface area contributed by atoms with Crippen molar-refractivity contribution in [3.63, 3.8) is 0 Å². The Kier molecular flexibility index (Phi) is 6.24. The normalized spacial score (nSPS) is 24.5. The Hall–Kier alpha value is -1.10. The second kappa shape index (κ2) is 7.95. The van der Waals surface area contributed by atoms with E-state index in [-0.39, 0.29) is 17.7 Å². The highest BCUT2D eigenvalue weighted by Gasteiger charge is 2.28. The first kappa shape index (κ1) is 17.3. The lowest BCUT2D eigenvalue weighted by molar-refractivity contribution is -0.142. The predicted molar refractivity (Wildman–Crippen MR) is 87.4 cm³/mol. The fraction of sp³-hybridized carbons (Fsp3) is 0.882. The molecule has 2 aliphatic rings. The summed E-state index contributed by atoms with van der Waals surface area (Å²) in [6.07, 6.45) is 3.10. The molecule has 2 aliphatic heterocycles. The van der Waals surface area contributed by atoms with Crippen LogP contribution in [0.2, 0.25) is 0 Å². The number of carbonyl (C=O) groups is 2. The Morgan fingerprint density at radius 3 is 2.27 bits per heavy atom. The van der Waals surface area contributed by atoms with E-state index in [0.717, 1.165) is 13.1 Å². The van der Waals surface area contributed by atoms with Gasteiger partial charge in [0.1, 0.15) is 0 Å². The van der Waals surface area contributed by atoms with Gasteiger partial charge in [0.25, 0.3) is 0 Å². The first-order valence-corrected chi connectivity index (χ1v) is 8.76. The summed E-state index contributed by atoms with van der Waals surface area (Å²) in [5.41, 5.74) is 0. The number of piperazine rings is 1. The summed E-state index contributed by atoms with van der Waals surface area (Å²) in [7, 11) is 0. The number of hydrogen-bond acceptors (Lipinski definition) is 3. The standard InChI is InChI=1S/C17H31N3O2/c1-13(2)17(22)20-9-7-19(8-10-20)16(21)11-14(3)15-5-4-6-18-12-15/h13-15,18H,4-12H2,1-3H3. The molecule has 5 heteroatoms. The molecular formula is C17H31N3O2. The number of nitrogens with one attached hydrogen (secondary N) is 1. The summed E-state index contributed by atoms with van der Waals surface area (Å²) in [5, 5.41) is 3.43. The van der Waals surface area contributed by atoms with Gasteiger partial charge >= 0.3 is 0 Å². The van der Waals surface area contributed by atoms with Crippen LogP contribution in [0, 0.1) is 17.8 Å². The number of hydrogen-bond donors (Lipinski definition) is 1. The average Bonchev–Trinajstić information content (AvgIpc) is 2.55. The topological polar surface area (TPSA) is 52.7 Å². The Morgan fingerprint density at radius 2 is 1.73 bits per heavy atom. The molecule has 2 fully saturated rings. The zero-order valence-corrected chi connectivity index (χ0v) is 14.3. The van der Waals surface area contributed by atoms with Crippen molar-refractivity contribution < 1.29 is 9.59 Å². The summed E-state index contributed by atoms with van der Waals surface area (Å²) in [6, 6.07) is 0. The number of amides is 2. The molecule has 2 heterocycles. The molecule has 2 rings (SSSR count). The van der Waals surface area contributed by atoms with E-state index in [4.69, 9.17) is 0 Å². The molecule has 2 amide bonds. The van der Waals surface area contributed by atoms with Crippen molar-refractivity contribution in [3.05, 3.63) is 0 Å². The highest BCUT2D eigenvalue weighted by Crippen LogP contribution is 2.23. The SMILES string of the molecule is CC(C)C(=O)N1CCN(C(=O)CC(C)C2CCCNC2)CC1. The van der Waals surface area contributed by atoms with Crippen molar-refractivity contribution in [2.24, 2.45) is 17.8 Å². The largest absolute Gasteiger partial charge is 0.339 e. The van der Waals surface area contributed by atoms with Crippen molar-refractivity contribution in [1.82, 2.24) is 15.1 Å². The van der Waals surface area contributed by atoms with Gasteiger partial charge in [-0.2, -0.15) is 0 Å². The quantitative estimate of drug-likeness (QED) is 0.852. The maximum Gasteiger partial charge on any atom is 0.225 e. The minimum absolute atomic E-state index is 0.0427. The van der Waals surface area contributed by atoms with Crippen LogP contribution in [0.25, 0.3) is 0 Å². The van der Waals surface area contributed by atoms with Gasteiger partial charge < -0.3 is 15.1 Å². The van der Waals surface area contributed by atoms with Crippen LogP contribution in [-0.4, -0.2) is 60.9 Å². The van der Waals surface area contributed by atoms with E-state index in [1.54, 1.807) is 0 Å². The Labute approximate surface area is 134 Å². The van der Waals surface area contributed by atoms with Crippen molar-refractivity contribution in [2.45, 2.75) is 40.0 Å². The highest BCUT2D eigenvalue weighted by atomic mass is 16.2. The molecule has 0 aromatic rings. The van der Waals surface area contributed by atoms with E-state index in [1.165, 1.54) is 12.8 Å². The van der Waals surface area contributed by atoms with Crippen LogP contribution < -0.4 is 5.32 Å². The lowest BCUT2D eigenvalue weighted by Crippen LogP contribution is -2.51. The minimum atomic E-state index is 0.0427. The van der Waals surface area contributed by atoms with Crippen LogP contribution in [0.15, 0.2) is 0 Å². The maximum absolute atomic E-state index is 12.5. The summed E-state index contributed by atoms with van der Waals surface area (Å²) in [5.74, 6) is 1.57. The second-order valence-electron chi connectivity index (χ2n) is 7.15. The molecule has 0 saturated carbocycles. The average molecular weight is 309 g/mol. The maximum atomic E-state index is 12.5. The van der Waals surface area contributed by atoms with Gasteiger partial charge in [0, 0.05) is 38.5 Å². The van der Waals surface area contributed by atoms with E-state index in [1.807, 2.05) is 23.6 Å². The molecule has 0 aromatic carbocycles. The lowest BCUT2D eigenvalue weighted by atomic mass is 9.85. The molecule has 1 N–H and O–H groups in total. The van der Waals surface area contributed by atoms with Gasteiger partial charge in [-0.05, 0) is 37.8 Å². The van der Waals surface area contributed by atoms with Crippen LogP contribution >= 0.6 is 0 Å². The smallest absolute Gasteiger partial charge is 0.225 e.